The van der Waals surface area contributed by atoms with Crippen molar-refractivity contribution in [3.05, 3.63) is 76.8 Å². The van der Waals surface area contributed by atoms with Crippen LogP contribution in [-0.4, -0.2) is 51.9 Å². The second kappa shape index (κ2) is 8.64. The van der Waals surface area contributed by atoms with E-state index in [0.717, 1.165) is 30.7 Å². The van der Waals surface area contributed by atoms with Crippen molar-refractivity contribution in [1.29, 1.82) is 0 Å². The molecule has 4 rings (SSSR count). The molecule has 0 radical (unpaired) electrons. The highest BCUT2D eigenvalue weighted by atomic mass is 35.5. The Balaban J connectivity index is 1.43. The molecule has 6 heteroatoms. The van der Waals surface area contributed by atoms with Crippen LogP contribution in [0.15, 0.2) is 60.7 Å². The summed E-state index contributed by atoms with van der Waals surface area (Å²) in [6, 6.07) is 17.0. The third kappa shape index (κ3) is 4.21. The Kier molecular flexibility index (Phi) is 5.97. The summed E-state index contributed by atoms with van der Waals surface area (Å²) in [4.78, 5) is 29.4. The normalized spacial score (nSPS) is 18.5. The molecule has 29 heavy (non-hydrogen) atoms. The largest absolute Gasteiger partial charge is 0.338 e. The van der Waals surface area contributed by atoms with Crippen LogP contribution in [0.4, 0.5) is 0 Å². The van der Waals surface area contributed by atoms with Gasteiger partial charge in [-0.2, -0.15) is 0 Å². The molecule has 0 saturated carbocycles. The summed E-state index contributed by atoms with van der Waals surface area (Å²) >= 11 is 8.04. The van der Waals surface area contributed by atoms with Gasteiger partial charge in [0.2, 0.25) is 5.91 Å². The number of rotatable bonds is 3. The van der Waals surface area contributed by atoms with Crippen molar-refractivity contribution in [2.45, 2.75) is 17.7 Å². The maximum atomic E-state index is 12.9. The van der Waals surface area contributed by atoms with E-state index in [2.05, 4.69) is 0 Å². The van der Waals surface area contributed by atoms with Gasteiger partial charge >= 0.3 is 0 Å². The Morgan fingerprint density at radius 3 is 2.38 bits per heavy atom. The first-order chi connectivity index (χ1) is 14.1. The number of halogens is 1. The van der Waals surface area contributed by atoms with Gasteiger partial charge in [0.15, 0.2) is 0 Å². The lowest BCUT2D eigenvalue weighted by Gasteiger charge is -2.43. The molecular weight excluding hydrogens is 404 g/mol. The second-order valence-corrected chi connectivity index (χ2v) is 9.16. The monoisotopic (exact) mass is 426 g/mol. The van der Waals surface area contributed by atoms with Gasteiger partial charge < -0.3 is 9.80 Å². The van der Waals surface area contributed by atoms with Gasteiger partial charge in [0.1, 0.15) is 0 Å². The highest BCUT2D eigenvalue weighted by molar-refractivity contribution is 8.00. The predicted molar refractivity (Wildman–Crippen MR) is 119 cm³/mol. The van der Waals surface area contributed by atoms with Gasteiger partial charge in [0.05, 0.1) is 15.5 Å². The summed E-state index contributed by atoms with van der Waals surface area (Å²) in [6.07, 6.45) is 5.09. The number of nitrogens with zero attached hydrogens (tertiary/aromatic N) is 2. The van der Waals surface area contributed by atoms with E-state index in [4.69, 9.17) is 11.6 Å². The fourth-order valence-corrected chi connectivity index (χ4v) is 5.70. The topological polar surface area (TPSA) is 40.6 Å². The van der Waals surface area contributed by atoms with Crippen LogP contribution in [0.25, 0.3) is 6.08 Å². The summed E-state index contributed by atoms with van der Waals surface area (Å²) < 4.78 is 0. The lowest BCUT2D eigenvalue weighted by molar-refractivity contribution is -0.129. The van der Waals surface area contributed by atoms with Crippen LogP contribution in [0.3, 0.4) is 0 Å². The number of thioether (sulfide) groups is 1. The summed E-state index contributed by atoms with van der Waals surface area (Å²) in [7, 11) is 0. The number of carbonyl (C=O) groups is 2. The number of carbonyl (C=O) groups excluding carboxylic acids is 2. The van der Waals surface area contributed by atoms with Crippen molar-refractivity contribution in [2.75, 3.05) is 25.4 Å². The van der Waals surface area contributed by atoms with Crippen molar-refractivity contribution in [2.24, 2.45) is 0 Å². The summed E-state index contributed by atoms with van der Waals surface area (Å²) in [5, 5.41) is 0.482. The average Bonchev–Trinajstić information content (AvgIpc) is 3.16. The molecule has 0 N–H and O–H groups in total. The van der Waals surface area contributed by atoms with Crippen LogP contribution in [0.2, 0.25) is 5.02 Å². The van der Waals surface area contributed by atoms with Crippen LogP contribution in [-0.2, 0) is 4.79 Å². The Hall–Kier alpha value is -2.24. The van der Waals surface area contributed by atoms with Gasteiger partial charge in [0, 0.05) is 31.5 Å². The molecule has 0 unspecified atom stereocenters. The van der Waals surface area contributed by atoms with Crippen molar-refractivity contribution in [3.8, 4) is 0 Å². The summed E-state index contributed by atoms with van der Waals surface area (Å²) in [5.41, 5.74) is 1.56. The SMILES string of the molecule is O=C(c1ccccc1Cl)N1CCC2(CC1)SCCN2C(=O)C=Cc1ccccc1. The van der Waals surface area contributed by atoms with Gasteiger partial charge in [-0.1, -0.05) is 54.1 Å². The van der Waals surface area contributed by atoms with E-state index in [1.165, 1.54) is 0 Å². The smallest absolute Gasteiger partial charge is 0.255 e. The van der Waals surface area contributed by atoms with E-state index >= 15 is 0 Å². The zero-order valence-corrected chi connectivity index (χ0v) is 17.7. The van der Waals surface area contributed by atoms with Crippen LogP contribution >= 0.6 is 23.4 Å². The molecule has 0 bridgehead atoms. The Labute approximate surface area is 180 Å². The van der Waals surface area contributed by atoms with Gasteiger partial charge in [-0.15, -0.1) is 11.8 Å². The molecule has 2 aromatic carbocycles. The molecule has 2 aliphatic heterocycles. The quantitative estimate of drug-likeness (QED) is 0.675. The molecule has 2 heterocycles. The molecule has 1 spiro atoms. The molecule has 0 aromatic heterocycles. The molecule has 150 valence electrons. The zero-order chi connectivity index (χ0) is 20.3. The molecule has 0 aliphatic carbocycles. The molecule has 2 aliphatic rings. The zero-order valence-electron chi connectivity index (χ0n) is 16.1. The van der Waals surface area contributed by atoms with E-state index in [1.807, 2.05) is 70.1 Å². The third-order valence-corrected chi connectivity index (χ3v) is 7.48. The lowest BCUT2D eigenvalue weighted by Crippen LogP contribution is -2.53. The number of benzene rings is 2. The minimum absolute atomic E-state index is 0.0321. The second-order valence-electron chi connectivity index (χ2n) is 7.30. The minimum atomic E-state index is -0.213. The molecule has 2 fully saturated rings. The van der Waals surface area contributed by atoms with E-state index in [-0.39, 0.29) is 16.7 Å². The van der Waals surface area contributed by atoms with Gasteiger partial charge in [-0.3, -0.25) is 9.59 Å². The molecular formula is C23H23ClN2O2S. The number of hydrogen-bond donors (Lipinski definition) is 0. The molecule has 2 amide bonds. The summed E-state index contributed by atoms with van der Waals surface area (Å²) in [6.45, 7) is 2.01. The Bertz CT molecular complexity index is 923. The van der Waals surface area contributed by atoms with Crippen molar-refractivity contribution in [1.82, 2.24) is 9.80 Å². The van der Waals surface area contributed by atoms with Crippen LogP contribution in [0, 0.1) is 0 Å². The molecule has 4 nitrogen and oxygen atoms in total. The van der Waals surface area contributed by atoms with Gasteiger partial charge in [-0.05, 0) is 36.6 Å². The summed E-state index contributed by atoms with van der Waals surface area (Å²) in [5.74, 6) is 0.948. The Morgan fingerprint density at radius 1 is 0.966 bits per heavy atom. The van der Waals surface area contributed by atoms with E-state index in [9.17, 15) is 9.59 Å². The first-order valence-electron chi connectivity index (χ1n) is 9.82. The predicted octanol–water partition coefficient (Wildman–Crippen LogP) is 4.56. The van der Waals surface area contributed by atoms with Gasteiger partial charge in [-0.25, -0.2) is 0 Å². The van der Waals surface area contributed by atoms with Crippen LogP contribution < -0.4 is 0 Å². The van der Waals surface area contributed by atoms with Crippen molar-refractivity contribution < 1.29 is 9.59 Å². The standard InChI is InChI=1S/C23H23ClN2O2S/c24-20-9-5-4-8-19(20)22(28)25-14-12-23(13-15-25)26(16-17-29-23)21(27)11-10-18-6-2-1-3-7-18/h1-11H,12-17H2. The maximum Gasteiger partial charge on any atom is 0.255 e. The number of hydrogen-bond acceptors (Lipinski definition) is 3. The minimum Gasteiger partial charge on any atom is -0.338 e. The number of likely N-dealkylation sites (tertiary alicyclic amines) is 1. The Morgan fingerprint density at radius 2 is 1.66 bits per heavy atom. The van der Waals surface area contributed by atoms with Crippen molar-refractivity contribution in [3.63, 3.8) is 0 Å². The molecule has 2 aromatic rings. The highest BCUT2D eigenvalue weighted by Gasteiger charge is 2.46. The number of piperidine rings is 1. The van der Waals surface area contributed by atoms with Crippen LogP contribution in [0.5, 0.6) is 0 Å². The van der Waals surface area contributed by atoms with E-state index in [0.29, 0.717) is 23.7 Å². The first kappa shape index (κ1) is 20.0. The fourth-order valence-electron chi connectivity index (χ4n) is 4.02. The highest BCUT2D eigenvalue weighted by Crippen LogP contribution is 2.44. The van der Waals surface area contributed by atoms with E-state index in [1.54, 1.807) is 18.2 Å². The average molecular weight is 427 g/mol. The lowest BCUT2D eigenvalue weighted by atomic mass is 10.0. The number of amides is 2. The maximum absolute atomic E-state index is 12.9. The van der Waals surface area contributed by atoms with E-state index < -0.39 is 0 Å². The third-order valence-electron chi connectivity index (χ3n) is 5.60. The molecule has 0 atom stereocenters. The van der Waals surface area contributed by atoms with Crippen molar-refractivity contribution >= 4 is 41.3 Å². The van der Waals surface area contributed by atoms with Crippen LogP contribution in [0.1, 0.15) is 28.8 Å². The fraction of sp³-hybridized carbons (Fsp3) is 0.304. The first-order valence-corrected chi connectivity index (χ1v) is 11.2. The van der Waals surface area contributed by atoms with Gasteiger partial charge in [0.25, 0.3) is 5.91 Å². The molecule has 2 saturated heterocycles.